The Labute approximate surface area is 139 Å². The zero-order valence-electron chi connectivity index (χ0n) is 10.1. The zero-order valence-corrected chi connectivity index (χ0v) is 14.7. The Balaban J connectivity index is 2.25. The van der Waals surface area contributed by atoms with Crippen molar-refractivity contribution in [1.82, 2.24) is 0 Å². The van der Waals surface area contributed by atoms with E-state index in [4.69, 9.17) is 23.2 Å². The van der Waals surface area contributed by atoms with Gasteiger partial charge in [0.2, 0.25) is 0 Å². The van der Waals surface area contributed by atoms with E-state index in [0.29, 0.717) is 10.0 Å². The monoisotopic (exact) mass is 421 g/mol. The lowest BCUT2D eigenvalue weighted by Gasteiger charge is -2.18. The summed E-state index contributed by atoms with van der Waals surface area (Å²) in [5.41, 5.74) is 1.98. The predicted molar refractivity (Wildman–Crippen MR) is 90.3 cm³/mol. The molecule has 0 heterocycles. The molecule has 0 bridgehead atoms. The lowest BCUT2D eigenvalue weighted by atomic mass is 10.1. The first-order valence-corrected chi connectivity index (χ1v) is 7.98. The number of benzene rings is 2. The van der Waals surface area contributed by atoms with Crippen LogP contribution in [0.2, 0.25) is 10.0 Å². The van der Waals surface area contributed by atoms with Crippen molar-refractivity contribution in [1.29, 1.82) is 0 Å². The molecule has 1 unspecified atom stereocenters. The van der Waals surface area contributed by atoms with Crippen LogP contribution in [0.25, 0.3) is 0 Å². The van der Waals surface area contributed by atoms with Gasteiger partial charge in [0, 0.05) is 20.0 Å². The molecule has 2 aromatic carbocycles. The molecule has 0 amide bonds. The third-order valence-electron chi connectivity index (χ3n) is 2.73. The second-order valence-corrected chi connectivity index (χ2v) is 6.77. The van der Waals surface area contributed by atoms with Crippen LogP contribution in [0.5, 0.6) is 0 Å². The van der Waals surface area contributed by atoms with E-state index in [1.807, 2.05) is 18.2 Å². The number of hydrogen-bond donors (Lipinski definition) is 1. The van der Waals surface area contributed by atoms with Gasteiger partial charge in [0.25, 0.3) is 0 Å². The molecule has 0 aliphatic heterocycles. The molecule has 0 saturated heterocycles. The van der Waals surface area contributed by atoms with Gasteiger partial charge in [-0.25, -0.2) is 0 Å². The van der Waals surface area contributed by atoms with Crippen LogP contribution in [0.15, 0.2) is 45.3 Å². The maximum atomic E-state index is 6.15. The summed E-state index contributed by atoms with van der Waals surface area (Å²) in [6.45, 7) is 2.07. The van der Waals surface area contributed by atoms with Crippen molar-refractivity contribution in [2.45, 2.75) is 13.0 Å². The summed E-state index contributed by atoms with van der Waals surface area (Å²) in [7, 11) is 0. The van der Waals surface area contributed by atoms with Gasteiger partial charge in [-0.1, -0.05) is 61.1 Å². The molecule has 19 heavy (non-hydrogen) atoms. The Hall–Kier alpha value is -0.220. The van der Waals surface area contributed by atoms with Crippen molar-refractivity contribution < 1.29 is 0 Å². The van der Waals surface area contributed by atoms with Crippen LogP contribution in [0, 0.1) is 0 Å². The van der Waals surface area contributed by atoms with Crippen molar-refractivity contribution in [3.8, 4) is 0 Å². The van der Waals surface area contributed by atoms with Gasteiger partial charge in [-0.3, -0.25) is 0 Å². The highest BCUT2D eigenvalue weighted by Crippen LogP contribution is 2.32. The van der Waals surface area contributed by atoms with Crippen LogP contribution in [-0.4, -0.2) is 0 Å². The molecule has 2 rings (SSSR count). The fraction of sp³-hybridized carbons (Fsp3) is 0.143. The molecule has 0 aliphatic rings. The van der Waals surface area contributed by atoms with Crippen LogP contribution < -0.4 is 5.32 Å². The Morgan fingerprint density at radius 2 is 1.79 bits per heavy atom. The summed E-state index contributed by atoms with van der Waals surface area (Å²) in [4.78, 5) is 0. The quantitative estimate of drug-likeness (QED) is 0.579. The number of nitrogens with one attached hydrogen (secondary N) is 1. The largest absolute Gasteiger partial charge is 0.377 e. The zero-order chi connectivity index (χ0) is 14.0. The van der Waals surface area contributed by atoms with E-state index in [1.165, 1.54) is 0 Å². The van der Waals surface area contributed by atoms with E-state index in [1.54, 1.807) is 12.1 Å². The number of hydrogen-bond acceptors (Lipinski definition) is 1. The molecule has 100 valence electrons. The summed E-state index contributed by atoms with van der Waals surface area (Å²) >= 11 is 19.1. The highest BCUT2D eigenvalue weighted by molar-refractivity contribution is 9.11. The van der Waals surface area contributed by atoms with E-state index in [0.717, 1.165) is 20.2 Å². The summed E-state index contributed by atoms with van der Waals surface area (Å²) in [6.07, 6.45) is 0. The van der Waals surface area contributed by atoms with Gasteiger partial charge in [0.1, 0.15) is 0 Å². The van der Waals surface area contributed by atoms with E-state index in [-0.39, 0.29) is 6.04 Å². The van der Waals surface area contributed by atoms with Gasteiger partial charge < -0.3 is 5.32 Å². The summed E-state index contributed by atoms with van der Waals surface area (Å²) in [6, 6.07) is 11.6. The average Bonchev–Trinajstić information content (AvgIpc) is 2.33. The number of halogens is 4. The molecule has 5 heteroatoms. The predicted octanol–water partition coefficient (Wildman–Crippen LogP) is 6.69. The van der Waals surface area contributed by atoms with E-state index in [2.05, 4.69) is 50.2 Å². The van der Waals surface area contributed by atoms with Gasteiger partial charge in [0.15, 0.2) is 0 Å². The van der Waals surface area contributed by atoms with Crippen molar-refractivity contribution in [2.24, 2.45) is 0 Å². The molecule has 1 atom stereocenters. The van der Waals surface area contributed by atoms with Crippen molar-refractivity contribution in [3.63, 3.8) is 0 Å². The van der Waals surface area contributed by atoms with Crippen LogP contribution in [0.3, 0.4) is 0 Å². The number of anilines is 1. The fourth-order valence-corrected chi connectivity index (χ4v) is 3.51. The summed E-state index contributed by atoms with van der Waals surface area (Å²) < 4.78 is 2.08. The van der Waals surface area contributed by atoms with Gasteiger partial charge in [0.05, 0.1) is 10.7 Å². The van der Waals surface area contributed by atoms with Crippen molar-refractivity contribution >= 4 is 60.7 Å². The van der Waals surface area contributed by atoms with E-state index in [9.17, 15) is 0 Å². The molecule has 0 fully saturated rings. The number of rotatable bonds is 3. The minimum absolute atomic E-state index is 0.110. The lowest BCUT2D eigenvalue weighted by molar-refractivity contribution is 0.878. The summed E-state index contributed by atoms with van der Waals surface area (Å²) in [5, 5.41) is 4.68. The average molecular weight is 424 g/mol. The Kier molecular flexibility index (Phi) is 5.18. The van der Waals surface area contributed by atoms with Gasteiger partial charge >= 0.3 is 0 Å². The fourth-order valence-electron chi connectivity index (χ4n) is 1.77. The van der Waals surface area contributed by atoms with E-state index >= 15 is 0 Å². The third-order valence-corrected chi connectivity index (χ3v) is 4.47. The van der Waals surface area contributed by atoms with Crippen LogP contribution in [0.1, 0.15) is 18.5 Å². The highest BCUT2D eigenvalue weighted by atomic mass is 79.9. The molecule has 0 radical (unpaired) electrons. The standard InChI is InChI=1S/C14H11Br2Cl2N/c1-8(11-4-2-9(15)6-12(11)16)19-14-7-10(17)3-5-13(14)18/h2-8,19H,1H3. The summed E-state index contributed by atoms with van der Waals surface area (Å²) in [5.74, 6) is 0. The first-order chi connectivity index (χ1) is 8.97. The normalized spacial score (nSPS) is 12.3. The highest BCUT2D eigenvalue weighted by Gasteiger charge is 2.11. The first kappa shape index (κ1) is 15.2. The molecule has 0 aromatic heterocycles. The Morgan fingerprint density at radius 1 is 1.05 bits per heavy atom. The molecule has 1 nitrogen and oxygen atoms in total. The first-order valence-electron chi connectivity index (χ1n) is 5.64. The van der Waals surface area contributed by atoms with E-state index < -0.39 is 0 Å². The smallest absolute Gasteiger partial charge is 0.0638 e. The minimum atomic E-state index is 0.110. The molecule has 0 spiro atoms. The molecule has 1 N–H and O–H groups in total. The minimum Gasteiger partial charge on any atom is -0.377 e. The molecular formula is C14H11Br2Cl2N. The van der Waals surface area contributed by atoms with Crippen molar-refractivity contribution in [2.75, 3.05) is 5.32 Å². The second kappa shape index (κ2) is 6.49. The van der Waals surface area contributed by atoms with Crippen LogP contribution >= 0.6 is 55.1 Å². The maximum absolute atomic E-state index is 6.15. The second-order valence-electron chi connectivity index (χ2n) is 4.16. The molecule has 0 aliphatic carbocycles. The van der Waals surface area contributed by atoms with Crippen molar-refractivity contribution in [3.05, 3.63) is 61.0 Å². The Bertz CT molecular complexity index is 602. The molecular weight excluding hydrogens is 413 g/mol. The molecule has 0 saturated carbocycles. The Morgan fingerprint density at radius 3 is 2.47 bits per heavy atom. The topological polar surface area (TPSA) is 12.0 Å². The van der Waals surface area contributed by atoms with Crippen LogP contribution in [0.4, 0.5) is 5.69 Å². The molecule has 2 aromatic rings. The maximum Gasteiger partial charge on any atom is 0.0638 e. The van der Waals surface area contributed by atoms with Crippen LogP contribution in [-0.2, 0) is 0 Å². The lowest BCUT2D eigenvalue weighted by Crippen LogP contribution is -2.07. The van der Waals surface area contributed by atoms with Gasteiger partial charge in [-0.2, -0.15) is 0 Å². The SMILES string of the molecule is CC(Nc1cc(Cl)ccc1Cl)c1ccc(Br)cc1Br. The van der Waals surface area contributed by atoms with Gasteiger partial charge in [-0.15, -0.1) is 0 Å². The van der Waals surface area contributed by atoms with Gasteiger partial charge in [-0.05, 0) is 42.8 Å². The third kappa shape index (κ3) is 3.88.